The molecule has 0 spiro atoms. The third-order valence-electron chi connectivity index (χ3n) is 4.34. The van der Waals surface area contributed by atoms with Gasteiger partial charge in [-0.1, -0.05) is 36.4 Å². The third-order valence-corrected chi connectivity index (χ3v) is 4.34. The van der Waals surface area contributed by atoms with Gasteiger partial charge in [-0.05, 0) is 24.6 Å². The SMILES string of the molecule is CCOC(=O)[C@@H](C(=O)c1ccccc1)[C@H](NC(C)=O)c1ccc(OC)c(OC)c1. The van der Waals surface area contributed by atoms with Gasteiger partial charge in [-0.3, -0.25) is 14.4 Å². The Hall–Kier alpha value is -3.35. The number of carbonyl (C=O) groups is 3. The van der Waals surface area contributed by atoms with Crippen molar-refractivity contribution in [2.24, 2.45) is 5.92 Å². The van der Waals surface area contributed by atoms with Gasteiger partial charge < -0.3 is 19.5 Å². The summed E-state index contributed by atoms with van der Waals surface area (Å²) in [5, 5.41) is 2.72. The van der Waals surface area contributed by atoms with E-state index in [-0.39, 0.29) is 12.5 Å². The summed E-state index contributed by atoms with van der Waals surface area (Å²) < 4.78 is 15.7. The van der Waals surface area contributed by atoms with Gasteiger partial charge in [-0.25, -0.2) is 0 Å². The summed E-state index contributed by atoms with van der Waals surface area (Å²) in [6.07, 6.45) is 0. The summed E-state index contributed by atoms with van der Waals surface area (Å²) in [5.74, 6) is -1.92. The van der Waals surface area contributed by atoms with Crippen molar-refractivity contribution in [1.82, 2.24) is 5.32 Å². The minimum absolute atomic E-state index is 0.107. The van der Waals surface area contributed by atoms with E-state index in [4.69, 9.17) is 14.2 Å². The number of ketones is 1. The Kier molecular flexibility index (Phi) is 7.77. The number of hydrogen-bond donors (Lipinski definition) is 1. The first-order valence-electron chi connectivity index (χ1n) is 9.17. The van der Waals surface area contributed by atoms with E-state index in [0.29, 0.717) is 22.6 Å². The molecule has 2 aromatic rings. The van der Waals surface area contributed by atoms with Crippen LogP contribution in [-0.2, 0) is 14.3 Å². The van der Waals surface area contributed by atoms with E-state index in [1.165, 1.54) is 21.1 Å². The van der Waals surface area contributed by atoms with Crippen molar-refractivity contribution in [2.75, 3.05) is 20.8 Å². The number of carbonyl (C=O) groups excluding carboxylic acids is 3. The molecule has 29 heavy (non-hydrogen) atoms. The lowest BCUT2D eigenvalue weighted by molar-refractivity contribution is -0.147. The van der Waals surface area contributed by atoms with Crippen LogP contribution in [0.1, 0.15) is 35.8 Å². The molecule has 0 fully saturated rings. The highest BCUT2D eigenvalue weighted by atomic mass is 16.5. The quantitative estimate of drug-likeness (QED) is 0.396. The van der Waals surface area contributed by atoms with Crippen molar-refractivity contribution in [3.8, 4) is 11.5 Å². The van der Waals surface area contributed by atoms with Crippen LogP contribution in [0, 0.1) is 5.92 Å². The van der Waals surface area contributed by atoms with Crippen LogP contribution in [0.2, 0.25) is 0 Å². The Morgan fingerprint density at radius 3 is 2.17 bits per heavy atom. The summed E-state index contributed by atoms with van der Waals surface area (Å²) in [6, 6.07) is 12.4. The summed E-state index contributed by atoms with van der Waals surface area (Å²) >= 11 is 0. The normalized spacial score (nSPS) is 12.4. The lowest BCUT2D eigenvalue weighted by Gasteiger charge is -2.26. The molecule has 2 rings (SSSR count). The second kappa shape index (κ2) is 10.3. The Morgan fingerprint density at radius 1 is 0.966 bits per heavy atom. The van der Waals surface area contributed by atoms with Crippen molar-refractivity contribution >= 4 is 17.7 Å². The Labute approximate surface area is 170 Å². The summed E-state index contributed by atoms with van der Waals surface area (Å²) in [4.78, 5) is 37.9. The van der Waals surface area contributed by atoms with Gasteiger partial charge in [0.1, 0.15) is 5.92 Å². The maximum Gasteiger partial charge on any atom is 0.319 e. The molecule has 154 valence electrons. The van der Waals surface area contributed by atoms with Gasteiger partial charge in [0.2, 0.25) is 5.91 Å². The predicted octanol–water partition coefficient (Wildman–Crippen LogP) is 2.94. The zero-order chi connectivity index (χ0) is 21.4. The van der Waals surface area contributed by atoms with Crippen LogP contribution in [0.15, 0.2) is 48.5 Å². The van der Waals surface area contributed by atoms with E-state index in [2.05, 4.69) is 5.32 Å². The maximum absolute atomic E-state index is 13.2. The number of benzene rings is 2. The second-order valence-corrected chi connectivity index (χ2v) is 6.25. The van der Waals surface area contributed by atoms with E-state index in [1.807, 2.05) is 0 Å². The molecule has 0 saturated carbocycles. The number of amides is 1. The van der Waals surface area contributed by atoms with Gasteiger partial charge in [-0.15, -0.1) is 0 Å². The highest BCUT2D eigenvalue weighted by Gasteiger charge is 2.38. The molecule has 0 unspecified atom stereocenters. The first-order chi connectivity index (χ1) is 13.9. The predicted molar refractivity (Wildman–Crippen MR) is 107 cm³/mol. The Morgan fingerprint density at radius 2 is 1.62 bits per heavy atom. The van der Waals surface area contributed by atoms with Crippen molar-refractivity contribution in [3.63, 3.8) is 0 Å². The highest BCUT2D eigenvalue weighted by molar-refractivity contribution is 6.09. The molecule has 0 bridgehead atoms. The minimum atomic E-state index is -1.26. The van der Waals surface area contributed by atoms with Crippen LogP contribution in [-0.4, -0.2) is 38.5 Å². The fourth-order valence-corrected chi connectivity index (χ4v) is 3.03. The molecule has 2 atom stereocenters. The largest absolute Gasteiger partial charge is 0.493 e. The molecular formula is C22H25NO6. The van der Waals surface area contributed by atoms with Crippen LogP contribution in [0.25, 0.3) is 0 Å². The van der Waals surface area contributed by atoms with Gasteiger partial charge >= 0.3 is 5.97 Å². The van der Waals surface area contributed by atoms with Crippen LogP contribution < -0.4 is 14.8 Å². The first-order valence-corrected chi connectivity index (χ1v) is 9.17. The molecule has 1 N–H and O–H groups in total. The molecule has 1 amide bonds. The smallest absolute Gasteiger partial charge is 0.319 e. The molecule has 0 aromatic heterocycles. The number of rotatable bonds is 9. The van der Waals surface area contributed by atoms with Crippen molar-refractivity contribution < 1.29 is 28.6 Å². The van der Waals surface area contributed by atoms with Gasteiger partial charge in [0, 0.05) is 12.5 Å². The van der Waals surface area contributed by atoms with E-state index >= 15 is 0 Å². The zero-order valence-electron chi connectivity index (χ0n) is 16.9. The van der Waals surface area contributed by atoms with Gasteiger partial charge in [0.05, 0.1) is 26.9 Å². The number of ether oxygens (including phenoxy) is 3. The summed E-state index contributed by atoms with van der Waals surface area (Å²) in [7, 11) is 2.98. The lowest BCUT2D eigenvalue weighted by Crippen LogP contribution is -2.41. The molecule has 0 aliphatic heterocycles. The fraction of sp³-hybridized carbons (Fsp3) is 0.318. The molecule has 0 aliphatic carbocycles. The lowest BCUT2D eigenvalue weighted by atomic mass is 9.86. The number of methoxy groups -OCH3 is 2. The first kappa shape index (κ1) is 21.9. The van der Waals surface area contributed by atoms with Crippen LogP contribution >= 0.6 is 0 Å². The van der Waals surface area contributed by atoms with Crippen molar-refractivity contribution in [1.29, 1.82) is 0 Å². The molecular weight excluding hydrogens is 374 g/mol. The monoisotopic (exact) mass is 399 g/mol. The molecule has 0 aliphatic rings. The van der Waals surface area contributed by atoms with Crippen LogP contribution in [0.3, 0.4) is 0 Å². The summed E-state index contributed by atoms with van der Waals surface area (Å²) in [5.41, 5.74) is 0.863. The van der Waals surface area contributed by atoms with E-state index < -0.39 is 23.7 Å². The molecule has 7 heteroatoms. The third kappa shape index (κ3) is 5.34. The van der Waals surface area contributed by atoms with Crippen molar-refractivity contribution in [2.45, 2.75) is 19.9 Å². The number of esters is 1. The standard InChI is InChI=1S/C22H25NO6/c1-5-29-22(26)19(21(25)15-9-7-6-8-10-15)20(23-14(2)24)16-11-12-17(27-3)18(13-16)28-4/h6-13,19-20H,5H2,1-4H3,(H,23,24)/t19-,20-/m1/s1. The number of nitrogens with one attached hydrogen (secondary N) is 1. The van der Waals surface area contributed by atoms with E-state index in [1.54, 1.807) is 55.5 Å². The van der Waals surface area contributed by atoms with Crippen LogP contribution in [0.5, 0.6) is 11.5 Å². The maximum atomic E-state index is 13.2. The average molecular weight is 399 g/mol. The fourth-order valence-electron chi connectivity index (χ4n) is 3.03. The minimum Gasteiger partial charge on any atom is -0.493 e. The molecule has 0 heterocycles. The van der Waals surface area contributed by atoms with Gasteiger partial charge in [0.25, 0.3) is 0 Å². The van der Waals surface area contributed by atoms with Gasteiger partial charge in [-0.2, -0.15) is 0 Å². The molecule has 7 nitrogen and oxygen atoms in total. The Bertz CT molecular complexity index is 865. The molecule has 0 saturated heterocycles. The van der Waals surface area contributed by atoms with Gasteiger partial charge in [0.15, 0.2) is 17.3 Å². The van der Waals surface area contributed by atoms with E-state index in [0.717, 1.165) is 0 Å². The van der Waals surface area contributed by atoms with Crippen LogP contribution in [0.4, 0.5) is 0 Å². The zero-order valence-corrected chi connectivity index (χ0v) is 16.9. The highest BCUT2D eigenvalue weighted by Crippen LogP contribution is 2.34. The molecule has 2 aromatic carbocycles. The number of Topliss-reactive ketones (excluding diaryl/α,β-unsaturated/α-hetero) is 1. The summed E-state index contributed by atoms with van der Waals surface area (Å²) in [6.45, 7) is 3.09. The Balaban J connectivity index is 2.58. The number of hydrogen-bond acceptors (Lipinski definition) is 6. The van der Waals surface area contributed by atoms with E-state index in [9.17, 15) is 14.4 Å². The molecule has 0 radical (unpaired) electrons. The average Bonchev–Trinajstić information content (AvgIpc) is 2.73. The second-order valence-electron chi connectivity index (χ2n) is 6.25. The topological polar surface area (TPSA) is 90.9 Å². The van der Waals surface area contributed by atoms with Crippen molar-refractivity contribution in [3.05, 3.63) is 59.7 Å².